The molecular weight excluding hydrogens is 340 g/mol. The van der Waals surface area contributed by atoms with Crippen molar-refractivity contribution < 1.29 is 9.47 Å². The van der Waals surface area contributed by atoms with Gasteiger partial charge < -0.3 is 14.2 Å². The van der Waals surface area contributed by atoms with Crippen LogP contribution in [0, 0.1) is 0 Å². The van der Waals surface area contributed by atoms with Crippen LogP contribution in [-0.2, 0) is 0 Å². The molecule has 0 spiro atoms. The van der Waals surface area contributed by atoms with Gasteiger partial charge in [0.15, 0.2) is 0 Å². The normalized spacial score (nSPS) is 12.0. The minimum Gasteiger partial charge on any atom is -0.497 e. The molecule has 6 heteroatoms. The molecule has 0 amide bonds. The molecule has 0 fully saturated rings. The molecule has 1 N–H and O–H groups in total. The SMILES string of the molecule is C=C/C(=C\C(=C/C)NSc1cc(OC)ccc1OC)c1nccs1. The third-order valence-corrected chi connectivity index (χ3v) is 4.87. The predicted octanol–water partition coefficient (Wildman–Crippen LogP) is 4.93. The first kappa shape index (κ1) is 18.2. The Morgan fingerprint density at radius 1 is 1.33 bits per heavy atom. The van der Waals surface area contributed by atoms with Crippen LogP contribution in [0.1, 0.15) is 11.9 Å². The summed E-state index contributed by atoms with van der Waals surface area (Å²) in [5, 5.41) is 2.89. The number of allylic oxidation sites excluding steroid dienone is 4. The first-order valence-corrected chi connectivity index (χ1v) is 8.96. The van der Waals surface area contributed by atoms with Crippen LogP contribution in [0.2, 0.25) is 0 Å². The second kappa shape index (κ2) is 9.20. The first-order valence-electron chi connectivity index (χ1n) is 7.27. The molecule has 0 unspecified atom stereocenters. The molecule has 4 nitrogen and oxygen atoms in total. The number of benzene rings is 1. The zero-order valence-electron chi connectivity index (χ0n) is 13.9. The Morgan fingerprint density at radius 2 is 2.17 bits per heavy atom. The van der Waals surface area contributed by atoms with Crippen molar-refractivity contribution in [3.63, 3.8) is 0 Å². The average Bonchev–Trinajstić information content (AvgIpc) is 3.16. The summed E-state index contributed by atoms with van der Waals surface area (Å²) in [6, 6.07) is 5.69. The molecule has 0 bridgehead atoms. The van der Waals surface area contributed by atoms with Gasteiger partial charge in [0.05, 0.1) is 19.1 Å². The van der Waals surface area contributed by atoms with Crippen LogP contribution in [0.15, 0.2) is 65.2 Å². The number of methoxy groups -OCH3 is 2. The maximum absolute atomic E-state index is 5.40. The van der Waals surface area contributed by atoms with E-state index in [4.69, 9.17) is 9.47 Å². The average molecular weight is 361 g/mol. The van der Waals surface area contributed by atoms with E-state index in [1.807, 2.05) is 42.7 Å². The van der Waals surface area contributed by atoms with E-state index in [0.717, 1.165) is 32.7 Å². The fraction of sp³-hybridized carbons (Fsp3) is 0.167. The predicted molar refractivity (Wildman–Crippen MR) is 103 cm³/mol. The van der Waals surface area contributed by atoms with Crippen LogP contribution in [-0.4, -0.2) is 19.2 Å². The number of nitrogens with one attached hydrogen (secondary N) is 1. The minimum absolute atomic E-state index is 0.784. The number of hydrogen-bond donors (Lipinski definition) is 1. The summed E-state index contributed by atoms with van der Waals surface area (Å²) in [6.45, 7) is 5.85. The highest BCUT2D eigenvalue weighted by Gasteiger charge is 2.07. The molecule has 0 saturated heterocycles. The first-order chi connectivity index (χ1) is 11.7. The second-order valence-electron chi connectivity index (χ2n) is 4.61. The molecule has 126 valence electrons. The van der Waals surface area contributed by atoms with Crippen LogP contribution < -0.4 is 14.2 Å². The Labute approximate surface area is 151 Å². The summed E-state index contributed by atoms with van der Waals surface area (Å²) in [5.41, 5.74) is 1.93. The fourth-order valence-electron chi connectivity index (χ4n) is 1.89. The van der Waals surface area contributed by atoms with E-state index in [0.29, 0.717) is 0 Å². The second-order valence-corrected chi connectivity index (χ2v) is 6.35. The zero-order chi connectivity index (χ0) is 17.4. The van der Waals surface area contributed by atoms with Gasteiger partial charge in [-0.05, 0) is 43.1 Å². The summed E-state index contributed by atoms with van der Waals surface area (Å²) in [7, 11) is 3.30. The maximum Gasteiger partial charge on any atom is 0.134 e. The summed E-state index contributed by atoms with van der Waals surface area (Å²) < 4.78 is 14.0. The maximum atomic E-state index is 5.40. The fourth-order valence-corrected chi connectivity index (χ4v) is 3.37. The highest BCUT2D eigenvalue weighted by Crippen LogP contribution is 2.32. The van der Waals surface area contributed by atoms with Gasteiger partial charge in [0.2, 0.25) is 0 Å². The van der Waals surface area contributed by atoms with Crippen molar-refractivity contribution in [3.8, 4) is 11.5 Å². The molecule has 2 aromatic rings. The summed E-state index contributed by atoms with van der Waals surface area (Å²) >= 11 is 3.05. The van der Waals surface area contributed by atoms with E-state index >= 15 is 0 Å². The highest BCUT2D eigenvalue weighted by molar-refractivity contribution is 7.97. The Bertz CT molecular complexity index is 737. The van der Waals surface area contributed by atoms with Crippen LogP contribution in [0.5, 0.6) is 11.5 Å². The Kier molecular flexibility index (Phi) is 6.96. The Morgan fingerprint density at radius 3 is 2.75 bits per heavy atom. The highest BCUT2D eigenvalue weighted by atomic mass is 32.2. The van der Waals surface area contributed by atoms with Crippen molar-refractivity contribution in [2.75, 3.05) is 14.2 Å². The van der Waals surface area contributed by atoms with Crippen LogP contribution in [0.4, 0.5) is 0 Å². The largest absolute Gasteiger partial charge is 0.497 e. The molecule has 1 aromatic heterocycles. The van der Waals surface area contributed by atoms with Crippen molar-refractivity contribution in [3.05, 3.63) is 65.3 Å². The van der Waals surface area contributed by atoms with E-state index in [2.05, 4.69) is 16.3 Å². The summed E-state index contributed by atoms with van der Waals surface area (Å²) in [5.74, 6) is 1.57. The number of hydrogen-bond acceptors (Lipinski definition) is 6. The molecule has 0 aliphatic heterocycles. The summed E-state index contributed by atoms with van der Waals surface area (Å²) in [6.07, 6.45) is 7.61. The van der Waals surface area contributed by atoms with E-state index in [1.54, 1.807) is 37.8 Å². The van der Waals surface area contributed by atoms with Crippen LogP contribution in [0.3, 0.4) is 0 Å². The lowest BCUT2D eigenvalue weighted by Gasteiger charge is -2.12. The lowest BCUT2D eigenvalue weighted by molar-refractivity contribution is 0.394. The quantitative estimate of drug-likeness (QED) is 0.534. The molecular formula is C18H20N2O2S2. The number of aromatic nitrogens is 1. The molecule has 1 aromatic carbocycles. The van der Waals surface area contributed by atoms with Gasteiger partial charge in [0, 0.05) is 22.8 Å². The summed E-state index contributed by atoms with van der Waals surface area (Å²) in [4.78, 5) is 5.27. The standard InChI is InChI=1S/C18H20N2O2S2/c1-5-13(18-19-9-10-23-18)11-14(6-2)20-24-17-12-15(21-3)7-8-16(17)22-4/h5-12,20H,1H2,2-4H3/b13-11+,14-6+. The molecule has 24 heavy (non-hydrogen) atoms. The molecule has 0 saturated carbocycles. The van der Waals surface area contributed by atoms with Crippen molar-refractivity contribution >= 4 is 28.9 Å². The molecule has 0 aliphatic rings. The van der Waals surface area contributed by atoms with Gasteiger partial charge in [-0.2, -0.15) is 0 Å². The molecule has 0 aliphatic carbocycles. The third-order valence-electron chi connectivity index (χ3n) is 3.17. The lowest BCUT2D eigenvalue weighted by atomic mass is 10.2. The molecule has 2 rings (SSSR count). The van der Waals surface area contributed by atoms with Gasteiger partial charge >= 0.3 is 0 Å². The number of thiazole rings is 1. The lowest BCUT2D eigenvalue weighted by Crippen LogP contribution is -2.02. The van der Waals surface area contributed by atoms with Crippen molar-refractivity contribution in [1.82, 2.24) is 9.71 Å². The van der Waals surface area contributed by atoms with Gasteiger partial charge in [0.25, 0.3) is 0 Å². The van der Waals surface area contributed by atoms with E-state index in [-0.39, 0.29) is 0 Å². The number of ether oxygens (including phenoxy) is 2. The molecule has 0 radical (unpaired) electrons. The van der Waals surface area contributed by atoms with Crippen molar-refractivity contribution in [2.45, 2.75) is 11.8 Å². The Balaban J connectivity index is 2.16. The van der Waals surface area contributed by atoms with E-state index in [1.165, 1.54) is 11.9 Å². The van der Waals surface area contributed by atoms with Gasteiger partial charge in [0.1, 0.15) is 16.5 Å². The number of nitrogens with zero attached hydrogens (tertiary/aromatic N) is 1. The minimum atomic E-state index is 0.784. The monoisotopic (exact) mass is 360 g/mol. The van der Waals surface area contributed by atoms with E-state index < -0.39 is 0 Å². The molecule has 0 atom stereocenters. The molecule has 1 heterocycles. The van der Waals surface area contributed by atoms with Gasteiger partial charge in [-0.25, -0.2) is 4.98 Å². The topological polar surface area (TPSA) is 43.4 Å². The van der Waals surface area contributed by atoms with Gasteiger partial charge in [-0.3, -0.25) is 0 Å². The zero-order valence-corrected chi connectivity index (χ0v) is 15.5. The smallest absolute Gasteiger partial charge is 0.134 e. The van der Waals surface area contributed by atoms with Crippen LogP contribution in [0.25, 0.3) is 5.57 Å². The van der Waals surface area contributed by atoms with Gasteiger partial charge in [-0.15, -0.1) is 11.3 Å². The third kappa shape index (κ3) is 4.66. The van der Waals surface area contributed by atoms with E-state index in [9.17, 15) is 0 Å². The van der Waals surface area contributed by atoms with Crippen molar-refractivity contribution in [2.24, 2.45) is 0 Å². The number of rotatable bonds is 8. The van der Waals surface area contributed by atoms with Crippen LogP contribution >= 0.6 is 23.3 Å². The Hall–Kier alpha value is -2.18. The van der Waals surface area contributed by atoms with Crippen molar-refractivity contribution in [1.29, 1.82) is 0 Å². The van der Waals surface area contributed by atoms with Gasteiger partial charge in [-0.1, -0.05) is 18.7 Å².